The van der Waals surface area contributed by atoms with Crippen molar-refractivity contribution < 1.29 is 9.13 Å². The number of imidazole rings is 1. The first-order chi connectivity index (χ1) is 10.1. The highest BCUT2D eigenvalue weighted by molar-refractivity contribution is 5.83. The van der Waals surface area contributed by atoms with Gasteiger partial charge in [0.2, 0.25) is 5.95 Å². The molecular formula is C15H19FN4O. The minimum Gasteiger partial charge on any atom is -0.493 e. The molecule has 0 atom stereocenters. The van der Waals surface area contributed by atoms with Crippen molar-refractivity contribution in [3.8, 4) is 5.75 Å². The smallest absolute Gasteiger partial charge is 0.221 e. The van der Waals surface area contributed by atoms with Crippen LogP contribution in [0.25, 0.3) is 0 Å². The minimum atomic E-state index is -0.336. The molecule has 6 heteroatoms. The van der Waals surface area contributed by atoms with Gasteiger partial charge in [-0.2, -0.15) is 5.10 Å². The predicted molar refractivity (Wildman–Crippen MR) is 81.2 cm³/mol. The van der Waals surface area contributed by atoms with Gasteiger partial charge in [-0.25, -0.2) is 14.1 Å². The summed E-state index contributed by atoms with van der Waals surface area (Å²) in [6.07, 6.45) is 5.23. The second-order valence-corrected chi connectivity index (χ2v) is 4.71. The van der Waals surface area contributed by atoms with Gasteiger partial charge in [0.15, 0.2) is 0 Å². The average molecular weight is 290 g/mol. The van der Waals surface area contributed by atoms with E-state index in [2.05, 4.69) is 17.0 Å². The number of anilines is 1. The molecule has 5 nitrogen and oxygen atoms in total. The van der Waals surface area contributed by atoms with Gasteiger partial charge in [-0.05, 0) is 25.5 Å². The zero-order valence-electron chi connectivity index (χ0n) is 12.2. The van der Waals surface area contributed by atoms with E-state index < -0.39 is 0 Å². The number of nitrogen functional groups attached to an aromatic ring is 1. The lowest BCUT2D eigenvalue weighted by molar-refractivity contribution is 0.307. The summed E-state index contributed by atoms with van der Waals surface area (Å²) < 4.78 is 20.4. The van der Waals surface area contributed by atoms with Crippen LogP contribution in [0.2, 0.25) is 0 Å². The van der Waals surface area contributed by atoms with Crippen molar-refractivity contribution in [1.29, 1.82) is 0 Å². The van der Waals surface area contributed by atoms with Crippen LogP contribution < -0.4 is 10.5 Å². The molecule has 0 unspecified atom stereocenters. The summed E-state index contributed by atoms with van der Waals surface area (Å²) in [6, 6.07) is 4.36. The van der Waals surface area contributed by atoms with Gasteiger partial charge in [-0.15, -0.1) is 0 Å². The second kappa shape index (κ2) is 6.88. The summed E-state index contributed by atoms with van der Waals surface area (Å²) in [5.74, 6) is 0.443. The topological polar surface area (TPSA) is 65.4 Å². The maximum Gasteiger partial charge on any atom is 0.221 e. The Balaban J connectivity index is 2.20. The Labute approximate surface area is 123 Å². The van der Waals surface area contributed by atoms with Crippen LogP contribution in [0.1, 0.15) is 31.0 Å². The molecule has 0 aliphatic carbocycles. The van der Waals surface area contributed by atoms with Crippen molar-refractivity contribution in [2.75, 3.05) is 12.3 Å². The van der Waals surface area contributed by atoms with E-state index in [0.717, 1.165) is 18.5 Å². The molecule has 2 rings (SSSR count). The lowest BCUT2D eigenvalue weighted by Crippen LogP contribution is -2.01. The van der Waals surface area contributed by atoms with Crippen LogP contribution in [0.5, 0.6) is 5.75 Å². The number of nitrogens with zero attached hydrogens (tertiary/aromatic N) is 3. The molecule has 0 amide bonds. The van der Waals surface area contributed by atoms with Gasteiger partial charge < -0.3 is 10.5 Å². The number of hydrogen-bond donors (Lipinski definition) is 1. The summed E-state index contributed by atoms with van der Waals surface area (Å²) in [5, 5.41) is 4.22. The number of halogens is 1. The third-order valence-corrected chi connectivity index (χ3v) is 2.89. The van der Waals surface area contributed by atoms with Crippen molar-refractivity contribution >= 4 is 12.2 Å². The fraction of sp³-hybridized carbons (Fsp3) is 0.333. The van der Waals surface area contributed by atoms with Gasteiger partial charge in [-0.3, -0.25) is 0 Å². The van der Waals surface area contributed by atoms with Gasteiger partial charge in [0.25, 0.3) is 0 Å². The van der Waals surface area contributed by atoms with Crippen LogP contribution >= 0.6 is 0 Å². The quantitative estimate of drug-likeness (QED) is 0.657. The maximum absolute atomic E-state index is 13.3. The minimum absolute atomic E-state index is 0.305. The SMILES string of the molecule is CCCCOc1cc(F)ccc1C=Nn1cc(C)nc1N. The lowest BCUT2D eigenvalue weighted by Gasteiger charge is -2.08. The van der Waals surface area contributed by atoms with E-state index in [1.165, 1.54) is 16.8 Å². The largest absolute Gasteiger partial charge is 0.493 e. The summed E-state index contributed by atoms with van der Waals surface area (Å²) in [6.45, 7) is 4.45. The summed E-state index contributed by atoms with van der Waals surface area (Å²) in [4.78, 5) is 4.06. The number of benzene rings is 1. The van der Waals surface area contributed by atoms with Crippen LogP contribution in [0.3, 0.4) is 0 Å². The number of hydrogen-bond acceptors (Lipinski definition) is 4. The Hall–Kier alpha value is -2.37. The highest BCUT2D eigenvalue weighted by atomic mass is 19.1. The summed E-state index contributed by atoms with van der Waals surface area (Å²) in [5.41, 5.74) is 7.19. The molecule has 1 aromatic heterocycles. The second-order valence-electron chi connectivity index (χ2n) is 4.71. The van der Waals surface area contributed by atoms with Crippen LogP contribution in [0.15, 0.2) is 29.5 Å². The highest BCUT2D eigenvalue weighted by Crippen LogP contribution is 2.19. The number of aromatic nitrogens is 2. The Bertz CT molecular complexity index is 637. The fourth-order valence-corrected chi connectivity index (χ4v) is 1.79. The van der Waals surface area contributed by atoms with Crippen molar-refractivity contribution in [3.05, 3.63) is 41.5 Å². The first-order valence-corrected chi connectivity index (χ1v) is 6.88. The Kier molecular flexibility index (Phi) is 4.92. The summed E-state index contributed by atoms with van der Waals surface area (Å²) in [7, 11) is 0. The van der Waals surface area contributed by atoms with Crippen LogP contribution in [-0.4, -0.2) is 22.5 Å². The number of ether oxygens (including phenoxy) is 1. The molecule has 0 bridgehead atoms. The molecule has 0 saturated carbocycles. The Morgan fingerprint density at radius 3 is 2.95 bits per heavy atom. The van der Waals surface area contributed by atoms with Crippen molar-refractivity contribution in [2.45, 2.75) is 26.7 Å². The molecule has 0 fully saturated rings. The first kappa shape index (κ1) is 15.0. The third kappa shape index (κ3) is 4.05. The van der Waals surface area contributed by atoms with Gasteiger partial charge in [-0.1, -0.05) is 13.3 Å². The maximum atomic E-state index is 13.3. The molecule has 112 valence electrons. The molecule has 2 aromatic rings. The van der Waals surface area contributed by atoms with Gasteiger partial charge in [0, 0.05) is 11.6 Å². The van der Waals surface area contributed by atoms with Crippen molar-refractivity contribution in [3.63, 3.8) is 0 Å². The molecule has 1 aromatic carbocycles. The molecular weight excluding hydrogens is 271 g/mol. The van der Waals surface area contributed by atoms with Crippen molar-refractivity contribution in [1.82, 2.24) is 9.66 Å². The van der Waals surface area contributed by atoms with Crippen LogP contribution in [0, 0.1) is 12.7 Å². The van der Waals surface area contributed by atoms with E-state index in [0.29, 0.717) is 23.9 Å². The zero-order chi connectivity index (χ0) is 15.2. The molecule has 0 radical (unpaired) electrons. The standard InChI is InChI=1S/C15H19FN4O/c1-3-4-7-21-14-8-13(16)6-5-12(14)9-18-20-10-11(2)19-15(20)17/h5-6,8-10H,3-4,7H2,1-2H3,(H2,17,19). The van der Waals surface area contributed by atoms with Gasteiger partial charge in [0.1, 0.15) is 11.6 Å². The third-order valence-electron chi connectivity index (χ3n) is 2.89. The monoisotopic (exact) mass is 290 g/mol. The van der Waals surface area contributed by atoms with E-state index in [9.17, 15) is 4.39 Å². The van der Waals surface area contributed by atoms with E-state index >= 15 is 0 Å². The normalized spacial score (nSPS) is 11.2. The predicted octanol–water partition coefficient (Wildman–Crippen LogP) is 2.97. The number of rotatable bonds is 6. The molecule has 0 saturated heterocycles. The average Bonchev–Trinajstić information content (AvgIpc) is 2.76. The van der Waals surface area contributed by atoms with E-state index in [4.69, 9.17) is 10.5 Å². The van der Waals surface area contributed by atoms with Crippen molar-refractivity contribution in [2.24, 2.45) is 5.10 Å². The molecule has 0 aliphatic rings. The summed E-state index contributed by atoms with van der Waals surface area (Å²) >= 11 is 0. The molecule has 0 aliphatic heterocycles. The van der Waals surface area contributed by atoms with Gasteiger partial charge >= 0.3 is 0 Å². The lowest BCUT2D eigenvalue weighted by atomic mass is 10.2. The van der Waals surface area contributed by atoms with E-state index in [-0.39, 0.29) is 5.82 Å². The highest BCUT2D eigenvalue weighted by Gasteiger charge is 2.05. The number of nitrogens with two attached hydrogens (primary N) is 1. The Morgan fingerprint density at radius 2 is 2.29 bits per heavy atom. The van der Waals surface area contributed by atoms with Crippen LogP contribution in [0.4, 0.5) is 10.3 Å². The number of unbranched alkanes of at least 4 members (excludes halogenated alkanes) is 1. The van der Waals surface area contributed by atoms with Gasteiger partial charge in [0.05, 0.1) is 24.7 Å². The molecule has 0 spiro atoms. The van der Waals surface area contributed by atoms with E-state index in [1.54, 1.807) is 18.5 Å². The van der Waals surface area contributed by atoms with E-state index in [1.807, 2.05) is 6.92 Å². The Morgan fingerprint density at radius 1 is 1.48 bits per heavy atom. The molecule has 2 N–H and O–H groups in total. The fourth-order valence-electron chi connectivity index (χ4n) is 1.79. The first-order valence-electron chi connectivity index (χ1n) is 6.88. The number of aryl methyl sites for hydroxylation is 1. The zero-order valence-corrected chi connectivity index (χ0v) is 12.2. The van der Waals surface area contributed by atoms with Crippen LogP contribution in [-0.2, 0) is 0 Å². The molecule has 21 heavy (non-hydrogen) atoms. The molecule has 1 heterocycles.